The molecule has 1 saturated heterocycles. The van der Waals surface area contributed by atoms with Gasteiger partial charge < -0.3 is 15.1 Å². The first kappa shape index (κ1) is 28.3. The molecule has 0 radical (unpaired) electrons. The summed E-state index contributed by atoms with van der Waals surface area (Å²) in [5.74, 6) is 1.56. The van der Waals surface area contributed by atoms with Crippen LogP contribution in [-0.4, -0.2) is 66.5 Å². The lowest BCUT2D eigenvalue weighted by Gasteiger charge is -2.28. The van der Waals surface area contributed by atoms with E-state index in [2.05, 4.69) is 28.3 Å². The highest BCUT2D eigenvalue weighted by Gasteiger charge is 2.16. The smallest absolute Gasteiger partial charge is 0.253 e. The molecule has 34 heavy (non-hydrogen) atoms. The number of nitrogens with zero attached hydrogens (tertiary/aromatic N) is 4. The highest BCUT2D eigenvalue weighted by atomic mass is 35.5. The number of carbonyl (C=O) groups is 1. The average Bonchev–Trinajstić information content (AvgIpc) is 3.21. The SMILES string of the molecule is Cc1cnc(NCCCC2CCN(C)CC2)nc1-c1cc2ccc(C(=O)N(C)C)cc2s1.Cl.Cl. The summed E-state index contributed by atoms with van der Waals surface area (Å²) in [5, 5.41) is 4.55. The van der Waals surface area contributed by atoms with Crippen LogP contribution in [0.4, 0.5) is 5.95 Å². The van der Waals surface area contributed by atoms with Crippen molar-refractivity contribution in [3.63, 3.8) is 0 Å². The lowest BCUT2D eigenvalue weighted by atomic mass is 9.92. The van der Waals surface area contributed by atoms with Crippen LogP contribution >= 0.6 is 36.2 Å². The number of hydrogen-bond donors (Lipinski definition) is 1. The largest absolute Gasteiger partial charge is 0.354 e. The van der Waals surface area contributed by atoms with Crippen molar-refractivity contribution in [3.8, 4) is 10.6 Å². The molecule has 2 aromatic heterocycles. The summed E-state index contributed by atoms with van der Waals surface area (Å²) in [6.07, 6.45) is 6.94. The zero-order valence-electron chi connectivity index (χ0n) is 20.3. The van der Waals surface area contributed by atoms with Crippen molar-refractivity contribution in [2.75, 3.05) is 46.1 Å². The number of thiophene rings is 1. The van der Waals surface area contributed by atoms with E-state index in [1.165, 1.54) is 32.4 Å². The number of aryl methyl sites for hydroxylation is 1. The molecule has 186 valence electrons. The van der Waals surface area contributed by atoms with Gasteiger partial charge in [0.1, 0.15) is 0 Å². The minimum absolute atomic E-state index is 0. The Bertz CT molecular complexity index is 1100. The van der Waals surface area contributed by atoms with Gasteiger partial charge in [0, 0.05) is 37.1 Å². The topological polar surface area (TPSA) is 61.4 Å². The van der Waals surface area contributed by atoms with Crippen molar-refractivity contribution in [2.24, 2.45) is 5.92 Å². The van der Waals surface area contributed by atoms with Crippen LogP contribution in [0.3, 0.4) is 0 Å². The van der Waals surface area contributed by atoms with E-state index in [0.29, 0.717) is 11.5 Å². The fourth-order valence-electron chi connectivity index (χ4n) is 4.26. The number of aromatic nitrogens is 2. The molecule has 0 bridgehead atoms. The molecule has 3 heterocycles. The van der Waals surface area contributed by atoms with Crippen LogP contribution < -0.4 is 5.32 Å². The molecular formula is C25H35Cl2N5OS. The van der Waals surface area contributed by atoms with Crippen molar-refractivity contribution in [2.45, 2.75) is 32.6 Å². The summed E-state index contributed by atoms with van der Waals surface area (Å²) in [4.78, 5) is 26.8. The summed E-state index contributed by atoms with van der Waals surface area (Å²) in [6.45, 7) is 5.40. The number of hydrogen-bond acceptors (Lipinski definition) is 6. The molecule has 4 rings (SSSR count). The molecule has 0 saturated carbocycles. The van der Waals surface area contributed by atoms with E-state index in [1.54, 1.807) is 30.3 Å². The Labute approximate surface area is 219 Å². The average molecular weight is 525 g/mol. The molecule has 1 N–H and O–H groups in total. The second-order valence-electron chi connectivity index (χ2n) is 9.10. The quantitative estimate of drug-likeness (QED) is 0.399. The molecule has 1 fully saturated rings. The minimum atomic E-state index is 0. The second-order valence-corrected chi connectivity index (χ2v) is 10.2. The molecule has 0 atom stereocenters. The van der Waals surface area contributed by atoms with Gasteiger partial charge in [0.15, 0.2) is 0 Å². The van der Waals surface area contributed by atoms with Gasteiger partial charge in [0.05, 0.1) is 10.6 Å². The number of benzene rings is 1. The first-order chi connectivity index (χ1) is 15.4. The van der Waals surface area contributed by atoms with Crippen molar-refractivity contribution in [3.05, 3.63) is 41.6 Å². The number of rotatable bonds is 7. The van der Waals surface area contributed by atoms with Gasteiger partial charge in [-0.15, -0.1) is 36.2 Å². The minimum Gasteiger partial charge on any atom is -0.354 e. The highest BCUT2D eigenvalue weighted by molar-refractivity contribution is 7.22. The fourth-order valence-corrected chi connectivity index (χ4v) is 5.41. The van der Waals surface area contributed by atoms with E-state index in [0.717, 1.165) is 45.1 Å². The van der Waals surface area contributed by atoms with Gasteiger partial charge >= 0.3 is 0 Å². The normalized spacial score (nSPS) is 14.4. The predicted octanol–water partition coefficient (Wildman–Crippen LogP) is 5.75. The summed E-state index contributed by atoms with van der Waals surface area (Å²) >= 11 is 1.67. The van der Waals surface area contributed by atoms with Gasteiger partial charge in [-0.2, -0.15) is 0 Å². The maximum Gasteiger partial charge on any atom is 0.253 e. The van der Waals surface area contributed by atoms with Crippen LogP contribution in [0, 0.1) is 12.8 Å². The predicted molar refractivity (Wildman–Crippen MR) is 148 cm³/mol. The van der Waals surface area contributed by atoms with Crippen LogP contribution in [0.5, 0.6) is 0 Å². The molecule has 1 aliphatic heterocycles. The lowest BCUT2D eigenvalue weighted by molar-refractivity contribution is 0.0828. The summed E-state index contributed by atoms with van der Waals surface area (Å²) in [7, 11) is 5.76. The molecule has 9 heteroatoms. The van der Waals surface area contributed by atoms with Gasteiger partial charge in [-0.05, 0) is 87.8 Å². The molecule has 1 amide bonds. The van der Waals surface area contributed by atoms with E-state index < -0.39 is 0 Å². The molecule has 0 aliphatic carbocycles. The molecule has 1 aliphatic rings. The van der Waals surface area contributed by atoms with Crippen LogP contribution in [-0.2, 0) is 0 Å². The summed E-state index contributed by atoms with van der Waals surface area (Å²) in [5.41, 5.74) is 2.72. The third-order valence-corrected chi connectivity index (χ3v) is 7.39. The number of halogens is 2. The lowest BCUT2D eigenvalue weighted by Crippen LogP contribution is -2.30. The molecule has 1 aromatic carbocycles. The van der Waals surface area contributed by atoms with E-state index in [4.69, 9.17) is 4.98 Å². The number of amides is 1. The fraction of sp³-hybridized carbons (Fsp3) is 0.480. The standard InChI is InChI=1S/C25H33N5OS.2ClH/c1-17-16-27-25(26-11-5-6-18-9-12-30(4)13-10-18)28-23(17)22-14-19-7-8-20(15-21(19)32-22)24(31)29(2)3;;/h7-8,14-16,18H,5-6,9-13H2,1-4H3,(H,26,27,28);2*1H. The summed E-state index contributed by atoms with van der Waals surface area (Å²) in [6, 6.07) is 8.05. The van der Waals surface area contributed by atoms with Gasteiger partial charge in [-0.3, -0.25) is 4.79 Å². The van der Waals surface area contributed by atoms with Crippen LogP contribution in [0.25, 0.3) is 20.7 Å². The third-order valence-electron chi connectivity index (χ3n) is 6.29. The molecule has 6 nitrogen and oxygen atoms in total. The number of anilines is 1. The number of nitrogens with one attached hydrogen (secondary N) is 1. The Morgan fingerprint density at radius 1 is 1.21 bits per heavy atom. The van der Waals surface area contributed by atoms with Crippen LogP contribution in [0.2, 0.25) is 0 Å². The van der Waals surface area contributed by atoms with Crippen molar-refractivity contribution in [1.29, 1.82) is 0 Å². The number of likely N-dealkylation sites (tertiary alicyclic amines) is 1. The Hall–Kier alpha value is -1.93. The number of fused-ring (bicyclic) bond motifs is 1. The van der Waals surface area contributed by atoms with E-state index >= 15 is 0 Å². The Kier molecular flexibility index (Phi) is 10.6. The Balaban J connectivity index is 0.00000204. The maximum atomic E-state index is 12.3. The van der Waals surface area contributed by atoms with Gasteiger partial charge in [-0.25, -0.2) is 9.97 Å². The first-order valence-corrected chi connectivity index (χ1v) is 12.2. The maximum absolute atomic E-state index is 12.3. The van der Waals surface area contributed by atoms with Crippen molar-refractivity contribution >= 4 is 58.1 Å². The van der Waals surface area contributed by atoms with Gasteiger partial charge in [0.25, 0.3) is 5.91 Å². The second kappa shape index (κ2) is 12.7. The van der Waals surface area contributed by atoms with E-state index in [-0.39, 0.29) is 30.7 Å². The van der Waals surface area contributed by atoms with Crippen LogP contribution in [0.15, 0.2) is 30.5 Å². The van der Waals surface area contributed by atoms with Crippen molar-refractivity contribution in [1.82, 2.24) is 19.8 Å². The highest BCUT2D eigenvalue weighted by Crippen LogP contribution is 2.35. The van der Waals surface area contributed by atoms with Crippen LogP contribution in [0.1, 0.15) is 41.6 Å². The van der Waals surface area contributed by atoms with Gasteiger partial charge in [0.2, 0.25) is 5.95 Å². The Morgan fingerprint density at radius 3 is 2.65 bits per heavy atom. The molecule has 0 spiro atoms. The zero-order valence-corrected chi connectivity index (χ0v) is 22.8. The zero-order chi connectivity index (χ0) is 22.7. The molecule has 3 aromatic rings. The van der Waals surface area contributed by atoms with Gasteiger partial charge in [-0.1, -0.05) is 6.07 Å². The monoisotopic (exact) mass is 523 g/mol. The first-order valence-electron chi connectivity index (χ1n) is 11.4. The van der Waals surface area contributed by atoms with Crippen molar-refractivity contribution < 1.29 is 4.79 Å². The number of piperidine rings is 1. The molecule has 0 unspecified atom stereocenters. The summed E-state index contributed by atoms with van der Waals surface area (Å²) < 4.78 is 1.10. The Morgan fingerprint density at radius 2 is 1.94 bits per heavy atom. The van der Waals surface area contributed by atoms with E-state index in [9.17, 15) is 4.79 Å². The number of carbonyl (C=O) groups excluding carboxylic acids is 1. The third kappa shape index (κ3) is 6.81. The molecular weight excluding hydrogens is 489 g/mol. The van der Waals surface area contributed by atoms with E-state index in [1.807, 2.05) is 31.3 Å².